The smallest absolute Gasteiger partial charge is 0.191 e. The minimum Gasteiger partial charge on any atom is -0.378 e. The molecular weight excluding hydrogens is 312 g/mol. The highest BCUT2D eigenvalue weighted by atomic mass is 16.5. The topological polar surface area (TPSA) is 48.9 Å². The summed E-state index contributed by atoms with van der Waals surface area (Å²) in [6.45, 7) is 3.87. The van der Waals surface area contributed by atoms with Gasteiger partial charge in [0.1, 0.15) is 0 Å². The molecule has 2 aliphatic rings. The molecule has 0 aromatic heterocycles. The quantitative estimate of drug-likeness (QED) is 0.454. The van der Waals surface area contributed by atoms with Gasteiger partial charge >= 0.3 is 0 Å². The number of anilines is 1. The number of nitrogens with zero attached hydrogens (tertiary/aromatic N) is 2. The minimum absolute atomic E-state index is 0.446. The number of para-hydroxylation sites is 1. The molecule has 138 valence electrons. The van der Waals surface area contributed by atoms with Gasteiger partial charge in [0.15, 0.2) is 5.96 Å². The third-order valence-electron chi connectivity index (χ3n) is 5.14. The average molecular weight is 345 g/mol. The third kappa shape index (κ3) is 5.63. The molecular formula is C20H32N4O. The van der Waals surface area contributed by atoms with E-state index in [1.54, 1.807) is 0 Å². The van der Waals surface area contributed by atoms with Gasteiger partial charge < -0.3 is 20.3 Å². The van der Waals surface area contributed by atoms with Crippen LogP contribution in [0, 0.1) is 0 Å². The van der Waals surface area contributed by atoms with Crippen LogP contribution >= 0.6 is 0 Å². The van der Waals surface area contributed by atoms with Crippen LogP contribution in [0.1, 0.15) is 38.5 Å². The molecule has 1 aliphatic heterocycles. The van der Waals surface area contributed by atoms with Crippen LogP contribution in [0.25, 0.3) is 0 Å². The van der Waals surface area contributed by atoms with Crippen LogP contribution < -0.4 is 15.5 Å². The lowest BCUT2D eigenvalue weighted by Crippen LogP contribution is -2.45. The highest BCUT2D eigenvalue weighted by molar-refractivity contribution is 5.80. The number of nitrogens with one attached hydrogen (secondary N) is 2. The second-order valence-corrected chi connectivity index (χ2v) is 7.04. The fourth-order valence-corrected chi connectivity index (χ4v) is 3.72. The van der Waals surface area contributed by atoms with Crippen molar-refractivity contribution in [3.63, 3.8) is 0 Å². The van der Waals surface area contributed by atoms with Gasteiger partial charge in [-0.25, -0.2) is 0 Å². The lowest BCUT2D eigenvalue weighted by atomic mass is 10.2. The van der Waals surface area contributed by atoms with E-state index in [9.17, 15) is 0 Å². The van der Waals surface area contributed by atoms with Gasteiger partial charge in [-0.3, -0.25) is 4.99 Å². The molecule has 5 heteroatoms. The number of ether oxygens (including phenoxy) is 1. The number of rotatable bonds is 7. The summed E-state index contributed by atoms with van der Waals surface area (Å²) in [7, 11) is 1.84. The first kappa shape index (κ1) is 18.1. The lowest BCUT2D eigenvalue weighted by Gasteiger charge is -2.20. The van der Waals surface area contributed by atoms with Gasteiger partial charge in [0, 0.05) is 45.0 Å². The normalized spacial score (nSPS) is 21.7. The molecule has 25 heavy (non-hydrogen) atoms. The van der Waals surface area contributed by atoms with Crippen molar-refractivity contribution in [3.05, 3.63) is 30.3 Å². The largest absolute Gasteiger partial charge is 0.378 e. The van der Waals surface area contributed by atoms with Crippen molar-refractivity contribution >= 4 is 11.6 Å². The molecule has 1 aliphatic carbocycles. The van der Waals surface area contributed by atoms with E-state index < -0.39 is 0 Å². The van der Waals surface area contributed by atoms with Crippen molar-refractivity contribution in [1.29, 1.82) is 0 Å². The Balaban J connectivity index is 1.32. The first-order chi connectivity index (χ1) is 12.3. The van der Waals surface area contributed by atoms with Crippen LogP contribution in [0.3, 0.4) is 0 Å². The Morgan fingerprint density at radius 3 is 2.76 bits per heavy atom. The molecule has 1 saturated heterocycles. The Labute approximate surface area is 151 Å². The molecule has 1 saturated carbocycles. The zero-order valence-corrected chi connectivity index (χ0v) is 15.4. The zero-order chi connectivity index (χ0) is 17.3. The number of hydrogen-bond donors (Lipinski definition) is 2. The van der Waals surface area contributed by atoms with E-state index in [1.165, 1.54) is 31.4 Å². The van der Waals surface area contributed by atoms with Crippen LogP contribution in [0.4, 0.5) is 5.69 Å². The maximum absolute atomic E-state index is 5.91. The highest BCUT2D eigenvalue weighted by Crippen LogP contribution is 2.21. The summed E-state index contributed by atoms with van der Waals surface area (Å²) in [5.74, 6) is 0.903. The number of aliphatic imine (C=N–C) groups is 1. The van der Waals surface area contributed by atoms with E-state index in [-0.39, 0.29) is 0 Å². The van der Waals surface area contributed by atoms with Crippen LogP contribution in [-0.2, 0) is 4.74 Å². The maximum Gasteiger partial charge on any atom is 0.191 e. The zero-order valence-electron chi connectivity index (χ0n) is 15.4. The van der Waals surface area contributed by atoms with Crippen molar-refractivity contribution < 1.29 is 4.74 Å². The van der Waals surface area contributed by atoms with E-state index >= 15 is 0 Å². The molecule has 0 radical (unpaired) electrons. The van der Waals surface area contributed by atoms with E-state index in [4.69, 9.17) is 4.74 Å². The predicted molar refractivity (Wildman–Crippen MR) is 104 cm³/mol. The van der Waals surface area contributed by atoms with Crippen molar-refractivity contribution in [2.24, 2.45) is 4.99 Å². The second kappa shape index (κ2) is 9.66. The molecule has 1 heterocycles. The Morgan fingerprint density at radius 1 is 1.20 bits per heavy atom. The van der Waals surface area contributed by atoms with Gasteiger partial charge in [0.05, 0.1) is 6.10 Å². The molecule has 1 aromatic carbocycles. The summed E-state index contributed by atoms with van der Waals surface area (Å²) >= 11 is 0. The van der Waals surface area contributed by atoms with E-state index in [1.807, 2.05) is 7.05 Å². The third-order valence-corrected chi connectivity index (χ3v) is 5.14. The van der Waals surface area contributed by atoms with Crippen molar-refractivity contribution in [3.8, 4) is 0 Å². The van der Waals surface area contributed by atoms with Gasteiger partial charge in [-0.15, -0.1) is 0 Å². The van der Waals surface area contributed by atoms with Gasteiger partial charge in [-0.2, -0.15) is 0 Å². The van der Waals surface area contributed by atoms with Gasteiger partial charge in [0.2, 0.25) is 0 Å². The Morgan fingerprint density at radius 2 is 2.00 bits per heavy atom. The average Bonchev–Trinajstić information content (AvgIpc) is 3.33. The predicted octanol–water partition coefficient (Wildman–Crippen LogP) is 2.78. The standard InChI is InChI=1S/C20H32N4O/c1-21-20(22-13-7-15-25-19-10-5-6-11-19)23-17-12-14-24(16-17)18-8-3-2-4-9-18/h2-4,8-9,17,19H,5-7,10-16H2,1H3,(H2,21,22,23). The van der Waals surface area contributed by atoms with Gasteiger partial charge in [0.25, 0.3) is 0 Å². The number of guanidine groups is 1. The lowest BCUT2D eigenvalue weighted by molar-refractivity contribution is 0.0574. The maximum atomic E-state index is 5.91. The monoisotopic (exact) mass is 344 g/mol. The molecule has 1 unspecified atom stereocenters. The minimum atomic E-state index is 0.446. The van der Waals surface area contributed by atoms with Crippen LogP contribution in [0.5, 0.6) is 0 Å². The molecule has 0 amide bonds. The summed E-state index contributed by atoms with van der Waals surface area (Å²) < 4.78 is 5.91. The van der Waals surface area contributed by atoms with E-state index in [0.29, 0.717) is 12.1 Å². The molecule has 5 nitrogen and oxygen atoms in total. The van der Waals surface area contributed by atoms with Crippen molar-refractivity contribution in [1.82, 2.24) is 10.6 Å². The van der Waals surface area contributed by atoms with E-state index in [2.05, 4.69) is 50.9 Å². The molecule has 0 bridgehead atoms. The van der Waals surface area contributed by atoms with Crippen LogP contribution in [0.2, 0.25) is 0 Å². The number of hydrogen-bond acceptors (Lipinski definition) is 3. The van der Waals surface area contributed by atoms with Crippen molar-refractivity contribution in [2.45, 2.75) is 50.7 Å². The van der Waals surface area contributed by atoms with E-state index in [0.717, 1.165) is 45.0 Å². The molecule has 2 N–H and O–H groups in total. The first-order valence-corrected chi connectivity index (χ1v) is 9.74. The first-order valence-electron chi connectivity index (χ1n) is 9.74. The van der Waals surface area contributed by atoms with Crippen LogP contribution in [-0.4, -0.2) is 51.4 Å². The summed E-state index contributed by atoms with van der Waals surface area (Å²) in [5, 5.41) is 6.97. The SMILES string of the molecule is CN=C(NCCCOC1CCCC1)NC1CCN(c2ccccc2)C1. The van der Waals surface area contributed by atoms with Crippen LogP contribution in [0.15, 0.2) is 35.3 Å². The summed E-state index contributed by atoms with van der Waals surface area (Å²) in [6, 6.07) is 11.1. The summed E-state index contributed by atoms with van der Waals surface area (Å²) in [4.78, 5) is 6.79. The van der Waals surface area contributed by atoms with Gasteiger partial charge in [-0.05, 0) is 37.8 Å². The fourth-order valence-electron chi connectivity index (χ4n) is 3.72. The number of benzene rings is 1. The molecule has 1 aromatic rings. The van der Waals surface area contributed by atoms with Crippen molar-refractivity contribution in [2.75, 3.05) is 38.2 Å². The molecule has 0 spiro atoms. The van der Waals surface area contributed by atoms with Gasteiger partial charge in [-0.1, -0.05) is 31.0 Å². The Kier molecular flexibility index (Phi) is 6.98. The fraction of sp³-hybridized carbons (Fsp3) is 0.650. The molecule has 2 fully saturated rings. The second-order valence-electron chi connectivity index (χ2n) is 7.04. The summed E-state index contributed by atoms with van der Waals surface area (Å²) in [5.41, 5.74) is 1.30. The molecule has 1 atom stereocenters. The Hall–Kier alpha value is -1.75. The highest BCUT2D eigenvalue weighted by Gasteiger charge is 2.23. The summed E-state index contributed by atoms with van der Waals surface area (Å²) in [6.07, 6.45) is 7.84. The molecule has 3 rings (SSSR count). The Bertz CT molecular complexity index is 528.